The van der Waals surface area contributed by atoms with Crippen molar-refractivity contribution < 1.29 is 28.7 Å². The summed E-state index contributed by atoms with van der Waals surface area (Å²) in [4.78, 5) is 74.2. The summed E-state index contributed by atoms with van der Waals surface area (Å²) in [6, 6.07) is 19.2. The van der Waals surface area contributed by atoms with Crippen LogP contribution in [0.1, 0.15) is 25.0 Å². The summed E-state index contributed by atoms with van der Waals surface area (Å²) in [5.74, 6) is -7.19. The molecule has 2 aliphatic heterocycles. The first-order chi connectivity index (χ1) is 21.4. The molecule has 4 amide bonds. The average Bonchev–Trinajstić information content (AvgIpc) is 3.40. The predicted octanol–water partition coefficient (Wildman–Crippen LogP) is 6.31. The lowest BCUT2D eigenvalue weighted by Gasteiger charge is -2.55. The van der Waals surface area contributed by atoms with Crippen molar-refractivity contribution in [2.75, 3.05) is 9.80 Å². The van der Waals surface area contributed by atoms with E-state index < -0.39 is 64.6 Å². The number of esters is 1. The molecule has 3 aliphatic carbocycles. The number of ether oxygens (including phenoxy) is 1. The van der Waals surface area contributed by atoms with Crippen molar-refractivity contribution in [3.05, 3.63) is 97.9 Å². The first kappa shape index (κ1) is 29.8. The zero-order valence-corrected chi connectivity index (χ0v) is 28.0. The van der Waals surface area contributed by atoms with Crippen molar-refractivity contribution in [1.29, 1.82) is 0 Å². The van der Waals surface area contributed by atoms with E-state index in [1.807, 2.05) is 38.1 Å². The topological polar surface area (TPSA) is 101 Å². The third kappa shape index (κ3) is 4.04. The molecule has 10 heteroatoms. The van der Waals surface area contributed by atoms with Crippen molar-refractivity contribution in [2.24, 2.45) is 35.0 Å². The van der Waals surface area contributed by atoms with E-state index in [4.69, 9.17) is 4.74 Å². The Hall–Kier alpha value is -3.89. The fourth-order valence-electron chi connectivity index (χ4n) is 8.31. The highest BCUT2D eigenvalue weighted by molar-refractivity contribution is 9.11. The minimum absolute atomic E-state index is 0.177. The summed E-state index contributed by atoms with van der Waals surface area (Å²) in [5, 5.41) is 0. The number of imide groups is 2. The Kier molecular flexibility index (Phi) is 6.83. The van der Waals surface area contributed by atoms with Crippen LogP contribution in [0.2, 0.25) is 0 Å². The molecule has 4 atom stereocenters. The fraction of sp³-hybridized carbons (Fsp3) is 0.286. The standard InChI is InChI=1S/C35H28Br2N2O6/c1-16-10-12-22(20(36)14-16)38-30(40)25-24-18(3)27(34(44)45-19-8-6-5-7-9-19)35(4,28(25)32(38)42)29-26(24)31(41)39(33(29)43)23-13-11-17(2)15-21(23)37/h5-15,24-26,28-29H,1-4H3. The van der Waals surface area contributed by atoms with Crippen molar-refractivity contribution in [2.45, 2.75) is 27.7 Å². The van der Waals surface area contributed by atoms with Crippen molar-refractivity contribution in [3.8, 4) is 5.75 Å². The highest BCUT2D eigenvalue weighted by Gasteiger charge is 2.77. The Morgan fingerprint density at radius 2 is 1.16 bits per heavy atom. The van der Waals surface area contributed by atoms with E-state index in [1.54, 1.807) is 56.3 Å². The lowest BCUT2D eigenvalue weighted by atomic mass is 9.43. The number of aryl methyl sites for hydroxylation is 2. The molecule has 3 aromatic carbocycles. The maximum Gasteiger partial charge on any atom is 0.339 e. The first-order valence-corrected chi connectivity index (χ1v) is 16.2. The van der Waals surface area contributed by atoms with Gasteiger partial charge in [-0.3, -0.25) is 19.2 Å². The summed E-state index contributed by atoms with van der Waals surface area (Å²) in [6.45, 7) is 7.21. The van der Waals surface area contributed by atoms with Crippen LogP contribution in [0, 0.1) is 48.9 Å². The number of carbonyl (C=O) groups excluding carboxylic acids is 5. The summed E-state index contributed by atoms with van der Waals surface area (Å²) in [7, 11) is 0. The van der Waals surface area contributed by atoms with Crippen LogP contribution in [0.15, 0.2) is 86.8 Å². The third-order valence-corrected chi connectivity index (χ3v) is 11.3. The number of halogens is 2. The van der Waals surface area contributed by atoms with Crippen LogP contribution in [0.4, 0.5) is 11.4 Å². The van der Waals surface area contributed by atoms with E-state index >= 15 is 0 Å². The highest BCUT2D eigenvalue weighted by Crippen LogP contribution is 2.69. The molecule has 5 aliphatic rings. The average molecular weight is 732 g/mol. The van der Waals surface area contributed by atoms with Gasteiger partial charge in [-0.05, 0) is 100 Å². The van der Waals surface area contributed by atoms with Gasteiger partial charge in [0.1, 0.15) is 5.75 Å². The van der Waals surface area contributed by atoms with Crippen LogP contribution in [0.3, 0.4) is 0 Å². The second-order valence-corrected chi connectivity index (χ2v) is 14.2. The molecule has 2 saturated heterocycles. The van der Waals surface area contributed by atoms with Gasteiger partial charge in [0.05, 0.1) is 35.0 Å². The molecule has 228 valence electrons. The number of hydrogen-bond acceptors (Lipinski definition) is 6. The zero-order valence-electron chi connectivity index (χ0n) is 24.8. The Bertz CT molecular complexity index is 1810. The van der Waals surface area contributed by atoms with Gasteiger partial charge in [0, 0.05) is 25.9 Å². The van der Waals surface area contributed by atoms with Gasteiger partial charge in [0.15, 0.2) is 0 Å². The third-order valence-electron chi connectivity index (χ3n) is 10.0. The molecule has 0 spiro atoms. The maximum atomic E-state index is 14.5. The van der Waals surface area contributed by atoms with E-state index in [9.17, 15) is 24.0 Å². The summed E-state index contributed by atoms with van der Waals surface area (Å²) in [6.07, 6.45) is 0. The molecule has 0 radical (unpaired) electrons. The minimum Gasteiger partial charge on any atom is -0.423 e. The van der Waals surface area contributed by atoms with Gasteiger partial charge < -0.3 is 4.74 Å². The summed E-state index contributed by atoms with van der Waals surface area (Å²) < 4.78 is 6.95. The quantitative estimate of drug-likeness (QED) is 0.177. The number of allylic oxidation sites excluding steroid dienone is 1. The molecule has 8 nitrogen and oxygen atoms in total. The van der Waals surface area contributed by atoms with Crippen molar-refractivity contribution in [1.82, 2.24) is 0 Å². The maximum absolute atomic E-state index is 14.5. The van der Waals surface area contributed by atoms with Crippen LogP contribution in [0.5, 0.6) is 5.75 Å². The second-order valence-electron chi connectivity index (χ2n) is 12.5. The van der Waals surface area contributed by atoms with Gasteiger partial charge >= 0.3 is 5.97 Å². The Morgan fingerprint density at radius 3 is 1.60 bits per heavy atom. The molecule has 2 heterocycles. The van der Waals surface area contributed by atoms with Gasteiger partial charge in [-0.2, -0.15) is 0 Å². The SMILES string of the molecule is CC1=C(C(=O)Oc2ccccc2)C2(C)C3C(=O)N(c4ccc(C)cc4Br)C(=O)C3C1C1C(=O)N(c3ccc(C)cc3Br)C(=O)C12. The number of rotatable bonds is 4. The fourth-order valence-corrected chi connectivity index (χ4v) is 9.65. The van der Waals surface area contributed by atoms with Gasteiger partial charge in [-0.15, -0.1) is 0 Å². The molecule has 1 saturated carbocycles. The van der Waals surface area contributed by atoms with Gasteiger partial charge in [0.2, 0.25) is 23.6 Å². The predicted molar refractivity (Wildman–Crippen MR) is 173 cm³/mol. The molecular formula is C35H28Br2N2O6. The minimum atomic E-state index is -1.52. The number of benzene rings is 3. The van der Waals surface area contributed by atoms with Crippen LogP contribution in [0.25, 0.3) is 0 Å². The van der Waals surface area contributed by atoms with E-state index in [2.05, 4.69) is 31.9 Å². The Morgan fingerprint density at radius 1 is 0.689 bits per heavy atom. The molecule has 0 N–H and O–H groups in total. The van der Waals surface area contributed by atoms with E-state index in [-0.39, 0.29) is 5.57 Å². The van der Waals surface area contributed by atoms with Crippen LogP contribution < -0.4 is 14.5 Å². The summed E-state index contributed by atoms with van der Waals surface area (Å²) >= 11 is 7.04. The summed E-state index contributed by atoms with van der Waals surface area (Å²) in [5.41, 5.74) is 1.79. The van der Waals surface area contributed by atoms with Crippen molar-refractivity contribution in [3.63, 3.8) is 0 Å². The molecular weight excluding hydrogens is 704 g/mol. The first-order valence-electron chi connectivity index (χ1n) is 14.6. The molecule has 2 bridgehead atoms. The van der Waals surface area contributed by atoms with Crippen LogP contribution in [-0.2, 0) is 24.0 Å². The smallest absolute Gasteiger partial charge is 0.339 e. The van der Waals surface area contributed by atoms with Gasteiger partial charge in [0.25, 0.3) is 0 Å². The van der Waals surface area contributed by atoms with E-state index in [0.29, 0.717) is 31.6 Å². The molecule has 45 heavy (non-hydrogen) atoms. The number of nitrogens with zero attached hydrogens (tertiary/aromatic N) is 2. The monoisotopic (exact) mass is 730 g/mol. The number of amides is 4. The van der Waals surface area contributed by atoms with Crippen molar-refractivity contribution >= 4 is 72.8 Å². The lowest BCUT2D eigenvalue weighted by Crippen LogP contribution is -2.61. The van der Waals surface area contributed by atoms with Gasteiger partial charge in [-0.25, -0.2) is 14.6 Å². The number of anilines is 2. The number of hydrogen-bond donors (Lipinski definition) is 0. The molecule has 8 rings (SSSR count). The largest absolute Gasteiger partial charge is 0.423 e. The van der Waals surface area contributed by atoms with Gasteiger partial charge in [-0.1, -0.05) is 42.8 Å². The molecule has 4 unspecified atom stereocenters. The Balaban J connectivity index is 1.41. The van der Waals surface area contributed by atoms with Crippen LogP contribution in [-0.4, -0.2) is 29.6 Å². The second kappa shape index (κ2) is 10.3. The lowest BCUT2D eigenvalue weighted by molar-refractivity contribution is -0.152. The number of carbonyl (C=O) groups is 5. The highest BCUT2D eigenvalue weighted by atomic mass is 79.9. The Labute approximate surface area is 276 Å². The van der Waals surface area contributed by atoms with E-state index in [0.717, 1.165) is 20.9 Å². The molecule has 3 fully saturated rings. The molecule has 3 aromatic rings. The zero-order chi connectivity index (χ0) is 32.1. The van der Waals surface area contributed by atoms with E-state index in [1.165, 1.54) is 0 Å². The van der Waals surface area contributed by atoms with Crippen LogP contribution >= 0.6 is 31.9 Å². The normalized spacial score (nSPS) is 28.6. The molecule has 0 aromatic heterocycles. The number of para-hydroxylation sites is 1.